The molecule has 1 aromatic rings. The van der Waals surface area contributed by atoms with Crippen LogP contribution in [0.15, 0.2) is 22.7 Å². The Kier molecular flexibility index (Phi) is 4.98. The first-order valence-corrected chi connectivity index (χ1v) is 5.66. The molecule has 0 fully saturated rings. The Balaban J connectivity index is 2.40. The highest BCUT2D eigenvalue weighted by atomic mass is 79.9. The quantitative estimate of drug-likeness (QED) is 0.669. The molecule has 0 amide bonds. The molecule has 82 valence electrons. The van der Waals surface area contributed by atoms with Gasteiger partial charge in [0, 0.05) is 10.9 Å². The van der Waals surface area contributed by atoms with Gasteiger partial charge in [0.2, 0.25) is 0 Å². The number of nitrogens with two attached hydrogens (primary N) is 1. The molecule has 0 aliphatic rings. The summed E-state index contributed by atoms with van der Waals surface area (Å²) in [4.78, 5) is 0.454. The lowest BCUT2D eigenvalue weighted by Crippen LogP contribution is -2.09. The van der Waals surface area contributed by atoms with Gasteiger partial charge in [-0.05, 0) is 24.6 Å². The predicted molar refractivity (Wildman–Crippen MR) is 65.6 cm³/mol. The van der Waals surface area contributed by atoms with Crippen LogP contribution in [-0.4, -0.2) is 11.6 Å². The third kappa shape index (κ3) is 4.57. The minimum Gasteiger partial charge on any atom is -0.491 e. The van der Waals surface area contributed by atoms with Crippen LogP contribution >= 0.6 is 28.1 Å². The fourth-order valence-electron chi connectivity index (χ4n) is 1.02. The van der Waals surface area contributed by atoms with E-state index in [-0.39, 0.29) is 11.6 Å². The van der Waals surface area contributed by atoms with E-state index in [1.54, 1.807) is 12.1 Å². The topological polar surface area (TPSA) is 35.2 Å². The Labute approximate surface area is 102 Å². The van der Waals surface area contributed by atoms with Gasteiger partial charge in [0.05, 0.1) is 11.6 Å². The van der Waals surface area contributed by atoms with Crippen molar-refractivity contribution in [1.82, 2.24) is 0 Å². The summed E-state index contributed by atoms with van der Waals surface area (Å²) in [6.45, 7) is 0.413. The second-order valence-electron chi connectivity index (χ2n) is 2.99. The summed E-state index contributed by atoms with van der Waals surface area (Å²) in [6, 6.07) is 4.68. The average Bonchev–Trinajstić information content (AvgIpc) is 2.14. The van der Waals surface area contributed by atoms with E-state index in [1.807, 2.05) is 0 Å². The average molecular weight is 292 g/mol. The molecule has 0 heterocycles. The lowest BCUT2D eigenvalue weighted by atomic mass is 10.3. The van der Waals surface area contributed by atoms with Crippen LogP contribution < -0.4 is 10.5 Å². The zero-order valence-electron chi connectivity index (χ0n) is 8.00. The Hall–Kier alpha value is -0.680. The Morgan fingerprint density at radius 2 is 2.27 bits per heavy atom. The highest BCUT2D eigenvalue weighted by Crippen LogP contribution is 2.21. The fourth-order valence-corrected chi connectivity index (χ4v) is 1.50. The van der Waals surface area contributed by atoms with Crippen LogP contribution in [-0.2, 0) is 0 Å². The normalized spacial score (nSPS) is 10.0. The van der Waals surface area contributed by atoms with Crippen LogP contribution in [0.1, 0.15) is 12.8 Å². The summed E-state index contributed by atoms with van der Waals surface area (Å²) >= 11 is 7.88. The summed E-state index contributed by atoms with van der Waals surface area (Å²) < 4.78 is 19.2. The van der Waals surface area contributed by atoms with E-state index in [9.17, 15) is 4.39 Å². The lowest BCUT2D eigenvalue weighted by molar-refractivity contribution is 0.298. The van der Waals surface area contributed by atoms with Gasteiger partial charge in [-0.1, -0.05) is 28.1 Å². The summed E-state index contributed by atoms with van der Waals surface area (Å²) in [5, 5.41) is 0. The lowest BCUT2D eigenvalue weighted by Gasteiger charge is -2.06. The summed E-state index contributed by atoms with van der Waals surface area (Å²) in [6.07, 6.45) is 1.32. The van der Waals surface area contributed by atoms with Gasteiger partial charge in [-0.2, -0.15) is 0 Å². The van der Waals surface area contributed by atoms with Crippen molar-refractivity contribution in [2.75, 3.05) is 6.61 Å². The van der Waals surface area contributed by atoms with Gasteiger partial charge < -0.3 is 10.5 Å². The second-order valence-corrected chi connectivity index (χ2v) is 4.43. The molecular formula is C10H11BrFNOS. The number of rotatable bonds is 5. The summed E-state index contributed by atoms with van der Waals surface area (Å²) in [5.41, 5.74) is 5.32. The number of benzene rings is 1. The van der Waals surface area contributed by atoms with E-state index < -0.39 is 0 Å². The standard InChI is InChI=1S/C10H11BrFNOS/c11-7-3-4-9(8(12)6-7)14-5-1-2-10(13)15/h3-4,6H,1-2,5H2,(H2,13,15). The van der Waals surface area contributed by atoms with Crippen LogP contribution in [0, 0.1) is 5.82 Å². The molecule has 0 aliphatic carbocycles. The smallest absolute Gasteiger partial charge is 0.166 e. The molecule has 2 N–H and O–H groups in total. The van der Waals surface area contributed by atoms with E-state index in [2.05, 4.69) is 15.9 Å². The molecule has 0 radical (unpaired) electrons. The molecule has 0 aliphatic heterocycles. The van der Waals surface area contributed by atoms with E-state index in [1.165, 1.54) is 6.07 Å². The van der Waals surface area contributed by atoms with Crippen molar-refractivity contribution >= 4 is 33.1 Å². The molecule has 0 saturated carbocycles. The second kappa shape index (κ2) is 6.02. The fraction of sp³-hybridized carbons (Fsp3) is 0.300. The van der Waals surface area contributed by atoms with Crippen LogP contribution in [0.5, 0.6) is 5.75 Å². The highest BCUT2D eigenvalue weighted by Gasteiger charge is 2.03. The van der Waals surface area contributed by atoms with Gasteiger partial charge in [-0.15, -0.1) is 0 Å². The van der Waals surface area contributed by atoms with E-state index >= 15 is 0 Å². The molecule has 5 heteroatoms. The SMILES string of the molecule is NC(=S)CCCOc1ccc(Br)cc1F. The number of ether oxygens (including phenoxy) is 1. The summed E-state index contributed by atoms with van der Waals surface area (Å²) in [7, 11) is 0. The van der Waals surface area contributed by atoms with Gasteiger partial charge in [0.25, 0.3) is 0 Å². The Bertz CT molecular complexity index is 359. The third-order valence-electron chi connectivity index (χ3n) is 1.72. The zero-order valence-corrected chi connectivity index (χ0v) is 10.4. The van der Waals surface area contributed by atoms with Crippen molar-refractivity contribution in [2.24, 2.45) is 5.73 Å². The maximum absolute atomic E-state index is 13.2. The number of halogens is 2. The van der Waals surface area contributed by atoms with Crippen molar-refractivity contribution in [3.63, 3.8) is 0 Å². The molecule has 15 heavy (non-hydrogen) atoms. The number of thiocarbonyl (C=S) groups is 1. The molecule has 0 saturated heterocycles. The number of hydrogen-bond acceptors (Lipinski definition) is 2. The molecule has 2 nitrogen and oxygen atoms in total. The molecule has 1 rings (SSSR count). The first-order valence-electron chi connectivity index (χ1n) is 4.46. The largest absolute Gasteiger partial charge is 0.491 e. The van der Waals surface area contributed by atoms with Crippen molar-refractivity contribution in [2.45, 2.75) is 12.8 Å². The van der Waals surface area contributed by atoms with Crippen molar-refractivity contribution in [3.8, 4) is 5.75 Å². The molecule has 1 aromatic carbocycles. The Morgan fingerprint density at radius 3 is 2.87 bits per heavy atom. The maximum atomic E-state index is 13.2. The molecule has 0 atom stereocenters. The monoisotopic (exact) mass is 291 g/mol. The number of hydrogen-bond donors (Lipinski definition) is 1. The zero-order chi connectivity index (χ0) is 11.3. The van der Waals surface area contributed by atoms with Gasteiger partial charge in [0.1, 0.15) is 0 Å². The maximum Gasteiger partial charge on any atom is 0.166 e. The summed E-state index contributed by atoms with van der Waals surface area (Å²) in [5.74, 6) is -0.124. The van der Waals surface area contributed by atoms with E-state index in [0.717, 1.165) is 0 Å². The van der Waals surface area contributed by atoms with Gasteiger partial charge in [-0.25, -0.2) is 4.39 Å². The van der Waals surface area contributed by atoms with Crippen LogP contribution in [0.4, 0.5) is 4.39 Å². The van der Waals surface area contributed by atoms with Crippen molar-refractivity contribution in [1.29, 1.82) is 0 Å². The van der Waals surface area contributed by atoms with Gasteiger partial charge in [0.15, 0.2) is 11.6 Å². The van der Waals surface area contributed by atoms with Gasteiger partial charge in [-0.3, -0.25) is 0 Å². The third-order valence-corrected chi connectivity index (χ3v) is 2.42. The van der Waals surface area contributed by atoms with Gasteiger partial charge >= 0.3 is 0 Å². The molecular weight excluding hydrogens is 281 g/mol. The van der Waals surface area contributed by atoms with Crippen LogP contribution in [0.2, 0.25) is 0 Å². The van der Waals surface area contributed by atoms with Crippen LogP contribution in [0.25, 0.3) is 0 Å². The molecule has 0 spiro atoms. The molecule has 0 aromatic heterocycles. The highest BCUT2D eigenvalue weighted by molar-refractivity contribution is 9.10. The van der Waals surface area contributed by atoms with Crippen LogP contribution in [0.3, 0.4) is 0 Å². The molecule has 0 bridgehead atoms. The van der Waals surface area contributed by atoms with Crippen molar-refractivity contribution in [3.05, 3.63) is 28.5 Å². The molecule has 0 unspecified atom stereocenters. The Morgan fingerprint density at radius 1 is 1.53 bits per heavy atom. The first-order chi connectivity index (χ1) is 7.09. The predicted octanol–water partition coefficient (Wildman–Crippen LogP) is 3.03. The van der Waals surface area contributed by atoms with Crippen molar-refractivity contribution < 1.29 is 9.13 Å². The van der Waals surface area contributed by atoms with E-state index in [0.29, 0.717) is 28.9 Å². The van der Waals surface area contributed by atoms with E-state index in [4.69, 9.17) is 22.7 Å². The minimum absolute atomic E-state index is 0.251. The minimum atomic E-state index is -0.375. The first kappa shape index (κ1) is 12.4.